The summed E-state index contributed by atoms with van der Waals surface area (Å²) in [6.07, 6.45) is -4.77. The summed E-state index contributed by atoms with van der Waals surface area (Å²) in [6.45, 7) is 1.15. The van der Waals surface area contributed by atoms with Gasteiger partial charge in [-0.3, -0.25) is 10.1 Å². The number of alkyl halides is 3. The molecule has 122 valence electrons. The van der Waals surface area contributed by atoms with E-state index in [1.165, 1.54) is 6.92 Å². The molecular weight excluding hydrogens is 323 g/mol. The van der Waals surface area contributed by atoms with Crippen LogP contribution in [0.5, 0.6) is 0 Å². The average molecular weight is 331 g/mol. The minimum absolute atomic E-state index is 0.188. The Hall–Kier alpha value is -2.98. The maximum Gasteiger partial charge on any atom is 0.416 e. The Balaban J connectivity index is 2.26. The van der Waals surface area contributed by atoms with Crippen molar-refractivity contribution in [3.63, 3.8) is 0 Å². The molecule has 0 saturated carbocycles. The van der Waals surface area contributed by atoms with Crippen LogP contribution in [0.25, 0.3) is 0 Å². The van der Waals surface area contributed by atoms with Crippen LogP contribution < -0.4 is 0 Å². The highest BCUT2D eigenvalue weighted by atomic mass is 19.4. The minimum Gasteiger partial charge on any atom is -0.455 e. The lowest BCUT2D eigenvalue weighted by Crippen LogP contribution is -2.11. The Morgan fingerprint density at radius 3 is 2.61 bits per heavy atom. The number of hydrogen-bond acceptors (Lipinski definition) is 7. The molecule has 2 aromatic rings. The van der Waals surface area contributed by atoms with E-state index in [0.29, 0.717) is 17.8 Å². The van der Waals surface area contributed by atoms with Crippen LogP contribution >= 0.6 is 0 Å². The molecular formula is C12H8F3N3O5. The first kappa shape index (κ1) is 16.4. The fourth-order valence-corrected chi connectivity index (χ4v) is 1.62. The van der Waals surface area contributed by atoms with Gasteiger partial charge in [-0.25, -0.2) is 9.42 Å². The molecule has 8 nitrogen and oxygen atoms in total. The van der Waals surface area contributed by atoms with Crippen LogP contribution in [-0.4, -0.2) is 21.2 Å². The van der Waals surface area contributed by atoms with E-state index in [-0.39, 0.29) is 18.4 Å². The Kier molecular flexibility index (Phi) is 4.29. The maximum absolute atomic E-state index is 12.6. The Morgan fingerprint density at radius 2 is 2.09 bits per heavy atom. The number of nitrogens with zero attached hydrogens (tertiary/aromatic N) is 3. The van der Waals surface area contributed by atoms with Crippen LogP contribution in [0.3, 0.4) is 0 Å². The summed E-state index contributed by atoms with van der Waals surface area (Å²) in [7, 11) is 0. The number of aryl methyl sites for hydroxylation is 1. The zero-order valence-electron chi connectivity index (χ0n) is 11.5. The number of carbonyl (C=O) groups is 1. The quantitative estimate of drug-likeness (QED) is 0.481. The lowest BCUT2D eigenvalue weighted by molar-refractivity contribution is -0.385. The van der Waals surface area contributed by atoms with Gasteiger partial charge in [-0.15, -0.1) is 0 Å². The van der Waals surface area contributed by atoms with Crippen LogP contribution in [0.2, 0.25) is 0 Å². The van der Waals surface area contributed by atoms with Crippen LogP contribution in [0.4, 0.5) is 18.9 Å². The summed E-state index contributed by atoms with van der Waals surface area (Å²) >= 11 is 0. The first-order valence-corrected chi connectivity index (χ1v) is 6.01. The number of esters is 1. The topological polar surface area (TPSA) is 108 Å². The molecule has 2 rings (SSSR count). The van der Waals surface area contributed by atoms with Gasteiger partial charge >= 0.3 is 12.1 Å². The lowest BCUT2D eigenvalue weighted by Gasteiger charge is -2.08. The number of nitro benzene ring substituents is 1. The van der Waals surface area contributed by atoms with E-state index < -0.39 is 33.9 Å². The van der Waals surface area contributed by atoms with Gasteiger partial charge in [0.25, 0.3) is 5.69 Å². The molecule has 0 amide bonds. The van der Waals surface area contributed by atoms with Gasteiger partial charge in [0.15, 0.2) is 0 Å². The highest BCUT2D eigenvalue weighted by Gasteiger charge is 2.34. The smallest absolute Gasteiger partial charge is 0.416 e. The minimum atomic E-state index is -4.77. The van der Waals surface area contributed by atoms with E-state index in [4.69, 9.17) is 4.74 Å². The highest BCUT2D eigenvalue weighted by molar-refractivity contribution is 5.94. The lowest BCUT2D eigenvalue weighted by atomic mass is 10.1. The second-order valence-corrected chi connectivity index (χ2v) is 4.36. The van der Waals surface area contributed by atoms with Crippen molar-refractivity contribution in [1.29, 1.82) is 0 Å². The number of rotatable bonds is 4. The number of nitro groups is 1. The van der Waals surface area contributed by atoms with Crippen LogP contribution in [0.15, 0.2) is 22.8 Å². The second kappa shape index (κ2) is 6.02. The molecule has 11 heteroatoms. The molecule has 1 aromatic heterocycles. The van der Waals surface area contributed by atoms with Crippen molar-refractivity contribution < 1.29 is 32.3 Å². The number of carbonyl (C=O) groups excluding carboxylic acids is 1. The van der Waals surface area contributed by atoms with Crippen LogP contribution in [-0.2, 0) is 17.5 Å². The van der Waals surface area contributed by atoms with Gasteiger partial charge in [-0.2, -0.15) is 13.2 Å². The number of ether oxygens (including phenoxy) is 1. The number of aromatic nitrogens is 2. The Bertz CT molecular complexity index is 757. The molecule has 0 radical (unpaired) electrons. The molecule has 0 atom stereocenters. The Labute approximate surface area is 126 Å². The van der Waals surface area contributed by atoms with Gasteiger partial charge in [0.1, 0.15) is 23.6 Å². The van der Waals surface area contributed by atoms with E-state index in [0.717, 1.165) is 0 Å². The zero-order valence-corrected chi connectivity index (χ0v) is 11.5. The van der Waals surface area contributed by atoms with E-state index in [9.17, 15) is 28.1 Å². The third kappa shape index (κ3) is 3.62. The summed E-state index contributed by atoms with van der Waals surface area (Å²) in [6, 6.07) is 1.53. The predicted molar refractivity (Wildman–Crippen MR) is 66.3 cm³/mol. The van der Waals surface area contributed by atoms with Crippen molar-refractivity contribution in [2.75, 3.05) is 0 Å². The molecule has 0 aliphatic carbocycles. The molecule has 23 heavy (non-hydrogen) atoms. The standard InChI is InChI=1S/C12H8F3N3O5/c1-6-9(17-23-16-6)5-22-11(19)8-3-2-7(12(13,14)15)4-10(8)18(20)21/h2-4H,5H2,1H3. The van der Waals surface area contributed by atoms with Crippen molar-refractivity contribution >= 4 is 11.7 Å². The van der Waals surface area contributed by atoms with Crippen molar-refractivity contribution in [2.45, 2.75) is 19.7 Å². The molecule has 0 unspecified atom stereocenters. The average Bonchev–Trinajstić information content (AvgIpc) is 2.88. The maximum atomic E-state index is 12.6. The van der Waals surface area contributed by atoms with Crippen LogP contribution in [0, 0.1) is 17.0 Å². The van der Waals surface area contributed by atoms with Crippen LogP contribution in [0.1, 0.15) is 27.3 Å². The molecule has 0 aliphatic rings. The highest BCUT2D eigenvalue weighted by Crippen LogP contribution is 2.33. The first-order valence-electron chi connectivity index (χ1n) is 6.01. The zero-order chi connectivity index (χ0) is 17.2. The second-order valence-electron chi connectivity index (χ2n) is 4.36. The van der Waals surface area contributed by atoms with E-state index in [2.05, 4.69) is 14.9 Å². The summed E-state index contributed by atoms with van der Waals surface area (Å²) in [5.74, 6) is -1.16. The fraction of sp³-hybridized carbons (Fsp3) is 0.250. The van der Waals surface area contributed by atoms with Crippen molar-refractivity contribution in [3.8, 4) is 0 Å². The molecule has 0 N–H and O–H groups in total. The summed E-state index contributed by atoms with van der Waals surface area (Å²) in [5.41, 5.74) is -2.30. The van der Waals surface area contributed by atoms with Gasteiger partial charge in [0.05, 0.1) is 10.5 Å². The SMILES string of the molecule is Cc1nonc1COC(=O)c1ccc(C(F)(F)F)cc1[N+](=O)[O-]. The third-order valence-electron chi connectivity index (χ3n) is 2.83. The molecule has 0 fully saturated rings. The largest absolute Gasteiger partial charge is 0.455 e. The van der Waals surface area contributed by atoms with Crippen molar-refractivity contribution in [3.05, 3.63) is 50.8 Å². The molecule has 1 aromatic carbocycles. The summed E-state index contributed by atoms with van der Waals surface area (Å²) in [4.78, 5) is 21.6. The van der Waals surface area contributed by atoms with Crippen molar-refractivity contribution in [1.82, 2.24) is 10.3 Å². The van der Waals surface area contributed by atoms with E-state index in [1.54, 1.807) is 0 Å². The van der Waals surface area contributed by atoms with E-state index in [1.807, 2.05) is 0 Å². The molecule has 0 spiro atoms. The summed E-state index contributed by atoms with van der Waals surface area (Å²) in [5, 5.41) is 17.8. The third-order valence-corrected chi connectivity index (χ3v) is 2.83. The van der Waals surface area contributed by atoms with Gasteiger partial charge in [0, 0.05) is 6.07 Å². The molecule has 0 saturated heterocycles. The Morgan fingerprint density at radius 1 is 1.39 bits per heavy atom. The van der Waals surface area contributed by atoms with Crippen molar-refractivity contribution in [2.24, 2.45) is 0 Å². The monoisotopic (exact) mass is 331 g/mol. The molecule has 1 heterocycles. The number of benzene rings is 1. The first-order chi connectivity index (χ1) is 10.7. The normalized spacial score (nSPS) is 11.3. The fourth-order valence-electron chi connectivity index (χ4n) is 1.62. The number of halogens is 3. The number of hydrogen-bond donors (Lipinski definition) is 0. The molecule has 0 bridgehead atoms. The predicted octanol–water partition coefficient (Wildman–Crippen LogP) is 2.66. The van der Waals surface area contributed by atoms with Gasteiger partial charge in [-0.05, 0) is 19.1 Å². The van der Waals surface area contributed by atoms with E-state index >= 15 is 0 Å². The van der Waals surface area contributed by atoms with Gasteiger partial charge in [0.2, 0.25) is 0 Å². The molecule has 0 aliphatic heterocycles. The van der Waals surface area contributed by atoms with Gasteiger partial charge in [-0.1, -0.05) is 10.3 Å². The van der Waals surface area contributed by atoms with Gasteiger partial charge < -0.3 is 4.74 Å². The summed E-state index contributed by atoms with van der Waals surface area (Å²) < 4.78 is 46.9.